The molecule has 0 aliphatic carbocycles. The number of anilines is 1. The van der Waals surface area contributed by atoms with Gasteiger partial charge in [0.15, 0.2) is 5.75 Å². The Morgan fingerprint density at radius 3 is 2.59 bits per heavy atom. The second kappa shape index (κ2) is 4.98. The fourth-order valence-electron chi connectivity index (χ4n) is 1.44. The van der Waals surface area contributed by atoms with E-state index in [4.69, 9.17) is 22.1 Å². The zero-order valence-corrected chi connectivity index (χ0v) is 11.5. The Balaban J connectivity index is 2.34. The smallest absolute Gasteiger partial charge is 0.151 e. The van der Waals surface area contributed by atoms with E-state index in [1.165, 1.54) is 0 Å². The van der Waals surface area contributed by atoms with Crippen LogP contribution in [0.4, 0.5) is 5.69 Å². The third kappa shape index (κ3) is 2.93. The molecule has 0 radical (unpaired) electrons. The highest BCUT2D eigenvalue weighted by molar-refractivity contribution is 9.10. The van der Waals surface area contributed by atoms with Gasteiger partial charge in [-0.2, -0.15) is 0 Å². The van der Waals surface area contributed by atoms with E-state index in [2.05, 4.69) is 15.9 Å². The summed E-state index contributed by atoms with van der Waals surface area (Å²) in [5.74, 6) is 1.34. The largest absolute Gasteiger partial charge is 0.455 e. The number of aryl methyl sites for hydroxylation is 1. The van der Waals surface area contributed by atoms with Gasteiger partial charge in [-0.25, -0.2) is 0 Å². The van der Waals surface area contributed by atoms with Crippen molar-refractivity contribution in [3.63, 3.8) is 0 Å². The van der Waals surface area contributed by atoms with E-state index < -0.39 is 0 Å². The van der Waals surface area contributed by atoms with Crippen LogP contribution in [0.5, 0.6) is 11.5 Å². The highest BCUT2D eigenvalue weighted by atomic mass is 79.9. The average molecular weight is 313 g/mol. The molecule has 2 aromatic rings. The Kier molecular flexibility index (Phi) is 3.60. The molecule has 0 aliphatic rings. The standard InChI is InChI=1S/C13H11BrClNO/c1-8-6-9(14)2-5-12(8)17-13-7-10(15)3-4-11(13)16/h2-7H,16H2,1H3. The van der Waals surface area contributed by atoms with Crippen molar-refractivity contribution >= 4 is 33.2 Å². The van der Waals surface area contributed by atoms with E-state index in [9.17, 15) is 0 Å². The molecule has 2 aromatic carbocycles. The molecule has 17 heavy (non-hydrogen) atoms. The van der Waals surface area contributed by atoms with E-state index >= 15 is 0 Å². The maximum atomic E-state index is 5.91. The maximum Gasteiger partial charge on any atom is 0.151 e. The monoisotopic (exact) mass is 311 g/mol. The van der Waals surface area contributed by atoms with Crippen LogP contribution in [0.3, 0.4) is 0 Å². The Morgan fingerprint density at radius 1 is 1.12 bits per heavy atom. The van der Waals surface area contributed by atoms with Gasteiger partial charge >= 0.3 is 0 Å². The van der Waals surface area contributed by atoms with E-state index in [1.54, 1.807) is 18.2 Å². The highest BCUT2D eigenvalue weighted by Gasteiger charge is 2.05. The molecular weight excluding hydrogens is 302 g/mol. The molecule has 0 unspecified atom stereocenters. The minimum absolute atomic E-state index is 0.566. The van der Waals surface area contributed by atoms with Crippen molar-refractivity contribution in [1.29, 1.82) is 0 Å². The van der Waals surface area contributed by atoms with E-state index in [0.29, 0.717) is 16.5 Å². The molecule has 0 atom stereocenters. The van der Waals surface area contributed by atoms with Gasteiger partial charge in [-0.3, -0.25) is 0 Å². The van der Waals surface area contributed by atoms with E-state index in [1.807, 2.05) is 25.1 Å². The maximum absolute atomic E-state index is 5.91. The van der Waals surface area contributed by atoms with Gasteiger partial charge in [-0.15, -0.1) is 0 Å². The minimum Gasteiger partial charge on any atom is -0.455 e. The van der Waals surface area contributed by atoms with Gasteiger partial charge in [0, 0.05) is 15.6 Å². The predicted molar refractivity (Wildman–Crippen MR) is 74.8 cm³/mol. The third-order valence-corrected chi connectivity index (χ3v) is 3.06. The molecule has 2 nitrogen and oxygen atoms in total. The summed E-state index contributed by atoms with van der Waals surface area (Å²) in [6.07, 6.45) is 0. The molecule has 2 rings (SSSR count). The number of benzene rings is 2. The summed E-state index contributed by atoms with van der Waals surface area (Å²) in [7, 11) is 0. The van der Waals surface area contributed by atoms with Crippen molar-refractivity contribution in [2.24, 2.45) is 0 Å². The first kappa shape index (κ1) is 12.3. The van der Waals surface area contributed by atoms with Crippen LogP contribution in [0.1, 0.15) is 5.56 Å². The van der Waals surface area contributed by atoms with Crippen LogP contribution in [-0.2, 0) is 0 Å². The molecule has 0 aliphatic heterocycles. The Hall–Kier alpha value is -1.19. The molecule has 0 amide bonds. The first-order valence-electron chi connectivity index (χ1n) is 5.05. The molecular formula is C13H11BrClNO. The summed E-state index contributed by atoms with van der Waals surface area (Å²) in [6.45, 7) is 1.97. The number of nitrogen functional groups attached to an aromatic ring is 1. The summed E-state index contributed by atoms with van der Waals surface area (Å²) >= 11 is 9.31. The molecule has 4 heteroatoms. The van der Waals surface area contributed by atoms with Gasteiger partial charge in [-0.1, -0.05) is 27.5 Å². The van der Waals surface area contributed by atoms with E-state index in [0.717, 1.165) is 15.8 Å². The van der Waals surface area contributed by atoms with Crippen molar-refractivity contribution in [2.45, 2.75) is 6.92 Å². The lowest BCUT2D eigenvalue weighted by atomic mass is 10.2. The van der Waals surface area contributed by atoms with Crippen LogP contribution in [0.2, 0.25) is 5.02 Å². The SMILES string of the molecule is Cc1cc(Br)ccc1Oc1cc(Cl)ccc1N. The topological polar surface area (TPSA) is 35.2 Å². The van der Waals surface area contributed by atoms with Crippen LogP contribution in [-0.4, -0.2) is 0 Å². The normalized spacial score (nSPS) is 10.3. The van der Waals surface area contributed by atoms with Crippen molar-refractivity contribution in [1.82, 2.24) is 0 Å². The fourth-order valence-corrected chi connectivity index (χ4v) is 2.08. The molecule has 0 bridgehead atoms. The van der Waals surface area contributed by atoms with Crippen molar-refractivity contribution in [3.8, 4) is 11.5 Å². The number of halogens is 2. The Bertz CT molecular complexity index is 557. The van der Waals surface area contributed by atoms with Gasteiger partial charge in [0.05, 0.1) is 5.69 Å². The molecule has 2 N–H and O–H groups in total. The first-order valence-corrected chi connectivity index (χ1v) is 6.22. The average Bonchev–Trinajstić information content (AvgIpc) is 2.27. The zero-order chi connectivity index (χ0) is 12.4. The quantitative estimate of drug-likeness (QED) is 0.810. The molecule has 88 valence electrons. The van der Waals surface area contributed by atoms with Crippen molar-refractivity contribution in [3.05, 3.63) is 51.5 Å². The summed E-state index contributed by atoms with van der Waals surface area (Å²) in [4.78, 5) is 0. The Labute approximate surface area is 113 Å². The molecule has 0 spiro atoms. The zero-order valence-electron chi connectivity index (χ0n) is 9.21. The highest BCUT2D eigenvalue weighted by Crippen LogP contribution is 2.32. The first-order chi connectivity index (χ1) is 8.06. The van der Waals surface area contributed by atoms with Gasteiger partial charge in [-0.05, 0) is 42.8 Å². The predicted octanol–water partition coefficient (Wildman–Crippen LogP) is 4.79. The number of nitrogens with two attached hydrogens (primary N) is 1. The molecule has 0 saturated carbocycles. The van der Waals surface area contributed by atoms with Crippen LogP contribution in [0.25, 0.3) is 0 Å². The van der Waals surface area contributed by atoms with Gasteiger partial charge in [0.2, 0.25) is 0 Å². The number of ether oxygens (including phenoxy) is 1. The fraction of sp³-hybridized carbons (Fsp3) is 0.0769. The van der Waals surface area contributed by atoms with E-state index in [-0.39, 0.29) is 0 Å². The third-order valence-electron chi connectivity index (χ3n) is 2.33. The number of rotatable bonds is 2. The minimum atomic E-state index is 0.566. The lowest BCUT2D eigenvalue weighted by Gasteiger charge is -2.11. The number of hydrogen-bond donors (Lipinski definition) is 1. The number of hydrogen-bond acceptors (Lipinski definition) is 2. The van der Waals surface area contributed by atoms with Crippen LogP contribution < -0.4 is 10.5 Å². The molecule has 0 aromatic heterocycles. The van der Waals surface area contributed by atoms with Gasteiger partial charge in [0.1, 0.15) is 5.75 Å². The second-order valence-electron chi connectivity index (χ2n) is 3.69. The lowest BCUT2D eigenvalue weighted by Crippen LogP contribution is -1.93. The van der Waals surface area contributed by atoms with Crippen LogP contribution in [0.15, 0.2) is 40.9 Å². The summed E-state index contributed by atoms with van der Waals surface area (Å²) in [5.41, 5.74) is 7.42. The van der Waals surface area contributed by atoms with Crippen molar-refractivity contribution < 1.29 is 4.74 Å². The van der Waals surface area contributed by atoms with Gasteiger partial charge in [0.25, 0.3) is 0 Å². The van der Waals surface area contributed by atoms with Crippen LogP contribution in [0, 0.1) is 6.92 Å². The molecule has 0 saturated heterocycles. The summed E-state index contributed by atoms with van der Waals surface area (Å²) in [5, 5.41) is 0.601. The lowest BCUT2D eigenvalue weighted by molar-refractivity contribution is 0.481. The Morgan fingerprint density at radius 2 is 1.88 bits per heavy atom. The molecule has 0 fully saturated rings. The van der Waals surface area contributed by atoms with Gasteiger partial charge < -0.3 is 10.5 Å². The van der Waals surface area contributed by atoms with Crippen molar-refractivity contribution in [2.75, 3.05) is 5.73 Å². The molecule has 0 heterocycles. The second-order valence-corrected chi connectivity index (χ2v) is 5.05. The summed E-state index contributed by atoms with van der Waals surface area (Å²) < 4.78 is 6.76. The summed E-state index contributed by atoms with van der Waals surface area (Å²) in [6, 6.07) is 11.0. The van der Waals surface area contributed by atoms with Crippen LogP contribution >= 0.6 is 27.5 Å².